The van der Waals surface area contributed by atoms with Gasteiger partial charge in [-0.25, -0.2) is 9.18 Å². The van der Waals surface area contributed by atoms with Crippen molar-refractivity contribution in [2.45, 2.75) is 13.5 Å². The first kappa shape index (κ1) is 14.3. The fraction of sp³-hybridized carbons (Fsp3) is 0.143. The Morgan fingerprint density at radius 1 is 1.40 bits per heavy atom. The molecule has 0 atom stereocenters. The highest BCUT2D eigenvalue weighted by atomic mass is 35.5. The first-order chi connectivity index (χ1) is 9.38. The van der Waals surface area contributed by atoms with Gasteiger partial charge >= 0.3 is 5.97 Å². The Labute approximate surface area is 119 Å². The van der Waals surface area contributed by atoms with E-state index in [4.69, 9.17) is 16.7 Å². The van der Waals surface area contributed by atoms with Gasteiger partial charge in [0.05, 0.1) is 6.54 Å². The Kier molecular flexibility index (Phi) is 3.90. The van der Waals surface area contributed by atoms with Crippen molar-refractivity contribution in [2.75, 3.05) is 0 Å². The summed E-state index contributed by atoms with van der Waals surface area (Å²) in [7, 11) is 0. The zero-order valence-electron chi connectivity index (χ0n) is 10.6. The van der Waals surface area contributed by atoms with Crippen LogP contribution in [0, 0.1) is 12.7 Å². The van der Waals surface area contributed by atoms with Gasteiger partial charge in [-0.1, -0.05) is 17.7 Å². The number of rotatable bonds is 3. The molecule has 0 saturated carbocycles. The minimum atomic E-state index is -1.31. The van der Waals surface area contributed by atoms with Crippen molar-refractivity contribution < 1.29 is 14.3 Å². The average Bonchev–Trinajstić information content (AvgIpc) is 2.35. The van der Waals surface area contributed by atoms with Gasteiger partial charge < -0.3 is 9.67 Å². The van der Waals surface area contributed by atoms with E-state index in [0.717, 1.165) is 0 Å². The van der Waals surface area contributed by atoms with Crippen molar-refractivity contribution in [3.8, 4) is 0 Å². The van der Waals surface area contributed by atoms with Crippen molar-refractivity contribution in [2.24, 2.45) is 0 Å². The average molecular weight is 296 g/mol. The van der Waals surface area contributed by atoms with E-state index in [0.29, 0.717) is 11.3 Å². The maximum absolute atomic E-state index is 13.7. The van der Waals surface area contributed by atoms with Gasteiger partial charge in [0.2, 0.25) is 0 Å². The number of aromatic nitrogens is 1. The van der Waals surface area contributed by atoms with Gasteiger partial charge in [0.1, 0.15) is 11.4 Å². The lowest BCUT2D eigenvalue weighted by molar-refractivity contribution is 0.0694. The molecule has 0 fully saturated rings. The SMILES string of the molecule is Cc1cc(=O)c(C(=O)O)cn1Cc1ccc(Cl)cc1F. The van der Waals surface area contributed by atoms with Crippen LogP contribution in [0.4, 0.5) is 4.39 Å². The molecule has 0 radical (unpaired) electrons. The Bertz CT molecular complexity index is 740. The smallest absolute Gasteiger partial charge is 0.341 e. The fourth-order valence-electron chi connectivity index (χ4n) is 1.84. The van der Waals surface area contributed by atoms with E-state index in [-0.39, 0.29) is 17.1 Å². The molecule has 1 N–H and O–H groups in total. The first-order valence-corrected chi connectivity index (χ1v) is 6.14. The zero-order chi connectivity index (χ0) is 14.9. The minimum Gasteiger partial charge on any atom is -0.477 e. The Morgan fingerprint density at radius 2 is 2.10 bits per heavy atom. The molecule has 0 unspecified atom stereocenters. The summed E-state index contributed by atoms with van der Waals surface area (Å²) in [6.07, 6.45) is 1.22. The van der Waals surface area contributed by atoms with Gasteiger partial charge in [-0.2, -0.15) is 0 Å². The molecule has 1 heterocycles. The molecule has 1 aromatic heterocycles. The van der Waals surface area contributed by atoms with Crippen LogP contribution in [0.2, 0.25) is 5.02 Å². The second-order valence-corrected chi connectivity index (χ2v) is 4.80. The van der Waals surface area contributed by atoms with Gasteiger partial charge in [-0.15, -0.1) is 0 Å². The van der Waals surface area contributed by atoms with E-state index in [1.807, 2.05) is 0 Å². The number of aromatic carboxylic acids is 1. The van der Waals surface area contributed by atoms with Crippen LogP contribution in [-0.2, 0) is 6.54 Å². The van der Waals surface area contributed by atoms with Crippen LogP contribution in [0.1, 0.15) is 21.6 Å². The molecule has 0 amide bonds. The number of carboxylic acid groups (broad SMARTS) is 1. The van der Waals surface area contributed by atoms with Crippen molar-refractivity contribution in [3.63, 3.8) is 0 Å². The van der Waals surface area contributed by atoms with E-state index in [2.05, 4.69) is 0 Å². The second-order valence-electron chi connectivity index (χ2n) is 4.36. The van der Waals surface area contributed by atoms with Crippen molar-refractivity contribution >= 4 is 17.6 Å². The molecule has 0 aliphatic carbocycles. The van der Waals surface area contributed by atoms with Crippen LogP contribution < -0.4 is 5.43 Å². The number of hydrogen-bond acceptors (Lipinski definition) is 2. The van der Waals surface area contributed by atoms with Crippen molar-refractivity contribution in [1.82, 2.24) is 4.57 Å². The number of carboxylic acids is 1. The summed E-state index contributed by atoms with van der Waals surface area (Å²) >= 11 is 5.67. The molecule has 0 bridgehead atoms. The predicted octanol–water partition coefficient (Wildman–Crippen LogP) is 2.70. The fourth-order valence-corrected chi connectivity index (χ4v) is 1.99. The van der Waals surface area contributed by atoms with E-state index in [1.165, 1.54) is 29.0 Å². The summed E-state index contributed by atoms with van der Waals surface area (Å²) in [5.74, 6) is -1.78. The van der Waals surface area contributed by atoms with Gasteiger partial charge in [0.15, 0.2) is 5.43 Å². The third kappa shape index (κ3) is 2.88. The normalized spacial score (nSPS) is 10.6. The maximum Gasteiger partial charge on any atom is 0.341 e. The minimum absolute atomic E-state index is 0.120. The number of carbonyl (C=O) groups is 1. The molecule has 0 aliphatic rings. The third-order valence-electron chi connectivity index (χ3n) is 2.93. The van der Waals surface area contributed by atoms with Gasteiger partial charge in [-0.3, -0.25) is 4.79 Å². The molecule has 1 aromatic carbocycles. The molecule has 2 rings (SSSR count). The van der Waals surface area contributed by atoms with Crippen LogP contribution in [-0.4, -0.2) is 15.6 Å². The highest BCUT2D eigenvalue weighted by Gasteiger charge is 2.12. The lowest BCUT2D eigenvalue weighted by Gasteiger charge is -2.12. The first-order valence-electron chi connectivity index (χ1n) is 5.77. The lowest BCUT2D eigenvalue weighted by atomic mass is 10.2. The Hall–Kier alpha value is -2.14. The standard InChI is InChI=1S/C14H11ClFNO3/c1-8-4-13(18)11(14(19)20)7-17(8)6-9-2-3-10(15)5-12(9)16/h2-5,7H,6H2,1H3,(H,19,20). The van der Waals surface area contributed by atoms with E-state index in [9.17, 15) is 14.0 Å². The number of hydrogen-bond donors (Lipinski definition) is 1. The summed E-state index contributed by atoms with van der Waals surface area (Å²) in [6.45, 7) is 1.77. The second kappa shape index (κ2) is 5.46. The monoisotopic (exact) mass is 295 g/mol. The molecule has 4 nitrogen and oxygen atoms in total. The number of aryl methyl sites for hydroxylation is 1. The quantitative estimate of drug-likeness (QED) is 0.947. The molecule has 2 aromatic rings. The largest absolute Gasteiger partial charge is 0.477 e. The van der Waals surface area contributed by atoms with Crippen molar-refractivity contribution in [3.05, 3.63) is 68.3 Å². The van der Waals surface area contributed by atoms with E-state index in [1.54, 1.807) is 13.0 Å². The molecule has 0 saturated heterocycles. The summed E-state index contributed by atoms with van der Waals surface area (Å²) in [4.78, 5) is 22.5. The molecule has 20 heavy (non-hydrogen) atoms. The van der Waals surface area contributed by atoms with E-state index < -0.39 is 17.2 Å². The van der Waals surface area contributed by atoms with Crippen LogP contribution in [0.25, 0.3) is 0 Å². The summed E-state index contributed by atoms with van der Waals surface area (Å²) in [6, 6.07) is 5.48. The number of benzene rings is 1. The molecular weight excluding hydrogens is 285 g/mol. The Morgan fingerprint density at radius 3 is 2.70 bits per heavy atom. The van der Waals surface area contributed by atoms with Crippen LogP contribution in [0.15, 0.2) is 35.3 Å². The van der Waals surface area contributed by atoms with Gasteiger partial charge in [-0.05, 0) is 19.1 Å². The molecule has 0 spiro atoms. The summed E-state index contributed by atoms with van der Waals surface area (Å²) < 4.78 is 15.2. The van der Waals surface area contributed by atoms with Crippen molar-refractivity contribution in [1.29, 1.82) is 0 Å². The number of nitrogens with zero attached hydrogens (tertiary/aromatic N) is 1. The van der Waals surface area contributed by atoms with Crippen LogP contribution in [0.3, 0.4) is 0 Å². The molecule has 6 heteroatoms. The molecule has 0 aliphatic heterocycles. The third-order valence-corrected chi connectivity index (χ3v) is 3.16. The highest BCUT2D eigenvalue weighted by Crippen LogP contribution is 2.16. The predicted molar refractivity (Wildman–Crippen MR) is 72.9 cm³/mol. The van der Waals surface area contributed by atoms with Crippen LogP contribution >= 0.6 is 11.6 Å². The summed E-state index contributed by atoms with van der Waals surface area (Å²) in [5.41, 5.74) is -0.000336. The highest BCUT2D eigenvalue weighted by molar-refractivity contribution is 6.30. The summed E-state index contributed by atoms with van der Waals surface area (Å²) in [5, 5.41) is 9.22. The number of halogens is 2. The van der Waals surface area contributed by atoms with Crippen LogP contribution in [0.5, 0.6) is 0 Å². The van der Waals surface area contributed by atoms with Gasteiger partial charge in [0, 0.05) is 28.5 Å². The maximum atomic E-state index is 13.7. The lowest BCUT2D eigenvalue weighted by Crippen LogP contribution is -2.19. The zero-order valence-corrected chi connectivity index (χ0v) is 11.3. The van der Waals surface area contributed by atoms with E-state index >= 15 is 0 Å². The molecular formula is C14H11ClFNO3. The Balaban J connectivity index is 2.45. The number of pyridine rings is 1. The topological polar surface area (TPSA) is 59.3 Å². The molecule has 104 valence electrons. The van der Waals surface area contributed by atoms with Gasteiger partial charge in [0.25, 0.3) is 0 Å².